The van der Waals surface area contributed by atoms with E-state index in [2.05, 4.69) is 42.9 Å². The highest BCUT2D eigenvalue weighted by Crippen LogP contribution is 2.40. The number of amides is 1. The maximum atomic E-state index is 12.3. The Kier molecular flexibility index (Phi) is 5.27. The molecule has 0 radical (unpaired) electrons. The molecule has 1 N–H and O–H groups in total. The number of carbonyl (C=O) groups is 1. The van der Waals surface area contributed by atoms with Gasteiger partial charge >= 0.3 is 0 Å². The number of nitrogens with zero attached hydrogens (tertiary/aromatic N) is 3. The summed E-state index contributed by atoms with van der Waals surface area (Å²) in [5.41, 5.74) is 2.26. The van der Waals surface area contributed by atoms with Crippen molar-refractivity contribution < 1.29 is 9.53 Å². The number of anilines is 1. The molecule has 2 heterocycles. The van der Waals surface area contributed by atoms with Gasteiger partial charge in [-0.25, -0.2) is 9.97 Å². The van der Waals surface area contributed by atoms with Crippen LogP contribution in [0, 0.1) is 11.3 Å². The van der Waals surface area contributed by atoms with Crippen molar-refractivity contribution >= 4 is 11.9 Å². The molecule has 1 fully saturated rings. The van der Waals surface area contributed by atoms with Gasteiger partial charge in [-0.05, 0) is 24.2 Å². The van der Waals surface area contributed by atoms with Crippen LogP contribution in [0.4, 0.5) is 5.95 Å². The van der Waals surface area contributed by atoms with E-state index in [1.165, 1.54) is 0 Å². The number of hydrogen-bond donors (Lipinski definition) is 1. The molecule has 0 spiro atoms. The predicted octanol–water partition coefficient (Wildman–Crippen LogP) is 2.49. The normalized spacial score (nSPS) is 22.6. The highest BCUT2D eigenvalue weighted by Gasteiger charge is 2.35. The largest absolute Gasteiger partial charge is 0.378 e. The van der Waals surface area contributed by atoms with Crippen LogP contribution >= 0.6 is 0 Å². The monoisotopic (exact) mass is 346 g/mol. The highest BCUT2D eigenvalue weighted by molar-refractivity contribution is 5.76. The Balaban J connectivity index is 1.82. The van der Waals surface area contributed by atoms with Crippen molar-refractivity contribution in [2.24, 2.45) is 11.3 Å². The number of rotatable bonds is 4. The van der Waals surface area contributed by atoms with Gasteiger partial charge in [-0.15, -0.1) is 0 Å². The number of aromatic nitrogens is 2. The van der Waals surface area contributed by atoms with E-state index >= 15 is 0 Å². The first-order valence-electron chi connectivity index (χ1n) is 9.32. The maximum Gasteiger partial charge on any atom is 0.225 e. The van der Waals surface area contributed by atoms with E-state index in [0.29, 0.717) is 12.3 Å². The zero-order chi connectivity index (χ0) is 18.0. The Labute approximate surface area is 150 Å². The van der Waals surface area contributed by atoms with Crippen molar-refractivity contribution in [3.8, 4) is 0 Å². The quantitative estimate of drug-likeness (QED) is 0.907. The van der Waals surface area contributed by atoms with Gasteiger partial charge in [0, 0.05) is 31.3 Å². The van der Waals surface area contributed by atoms with Crippen LogP contribution in [0.15, 0.2) is 6.20 Å². The number of hydrogen-bond acceptors (Lipinski definition) is 5. The molecule has 1 aromatic heterocycles. The summed E-state index contributed by atoms with van der Waals surface area (Å²) >= 11 is 0. The van der Waals surface area contributed by atoms with E-state index in [9.17, 15) is 4.79 Å². The van der Waals surface area contributed by atoms with Gasteiger partial charge in [-0.1, -0.05) is 27.7 Å². The fourth-order valence-electron chi connectivity index (χ4n) is 3.71. The molecule has 2 aliphatic rings. The van der Waals surface area contributed by atoms with Gasteiger partial charge in [0.05, 0.1) is 24.9 Å². The van der Waals surface area contributed by atoms with E-state index in [0.717, 1.165) is 56.4 Å². The van der Waals surface area contributed by atoms with Crippen LogP contribution < -0.4 is 10.2 Å². The second-order valence-electron chi connectivity index (χ2n) is 8.43. The van der Waals surface area contributed by atoms with Crippen LogP contribution in [0.25, 0.3) is 0 Å². The highest BCUT2D eigenvalue weighted by atomic mass is 16.5. The summed E-state index contributed by atoms with van der Waals surface area (Å²) < 4.78 is 5.41. The van der Waals surface area contributed by atoms with E-state index in [4.69, 9.17) is 9.72 Å². The molecule has 6 heteroatoms. The summed E-state index contributed by atoms with van der Waals surface area (Å²) in [6, 6.07) is 0.00346. The number of carbonyl (C=O) groups excluding carboxylic acids is 1. The molecule has 1 aromatic rings. The minimum atomic E-state index is 0.00346. The molecule has 0 aromatic carbocycles. The molecule has 6 nitrogen and oxygen atoms in total. The summed E-state index contributed by atoms with van der Waals surface area (Å²) in [6.07, 6.45) is 4.31. The van der Waals surface area contributed by atoms with Crippen LogP contribution in [0.2, 0.25) is 0 Å². The van der Waals surface area contributed by atoms with Gasteiger partial charge in [0.1, 0.15) is 0 Å². The van der Waals surface area contributed by atoms with Crippen LogP contribution in [0.1, 0.15) is 57.8 Å². The Morgan fingerprint density at radius 3 is 2.80 bits per heavy atom. The van der Waals surface area contributed by atoms with Gasteiger partial charge in [0.2, 0.25) is 11.9 Å². The van der Waals surface area contributed by atoms with Gasteiger partial charge < -0.3 is 15.0 Å². The minimum absolute atomic E-state index is 0.00346. The first-order valence-corrected chi connectivity index (χ1v) is 9.32. The zero-order valence-corrected chi connectivity index (χ0v) is 15.8. The van der Waals surface area contributed by atoms with Crippen LogP contribution in [-0.2, 0) is 16.0 Å². The van der Waals surface area contributed by atoms with Gasteiger partial charge in [-0.2, -0.15) is 0 Å². The summed E-state index contributed by atoms with van der Waals surface area (Å²) in [5, 5.41) is 3.21. The smallest absolute Gasteiger partial charge is 0.225 e. The third-order valence-corrected chi connectivity index (χ3v) is 4.89. The van der Waals surface area contributed by atoms with Crippen LogP contribution in [0.5, 0.6) is 0 Å². The molecule has 0 bridgehead atoms. The summed E-state index contributed by atoms with van der Waals surface area (Å²) in [4.78, 5) is 23.9. The van der Waals surface area contributed by atoms with Crippen molar-refractivity contribution in [3.05, 3.63) is 17.5 Å². The third kappa shape index (κ3) is 4.48. The number of morpholine rings is 1. The molecule has 1 aliphatic carbocycles. The van der Waals surface area contributed by atoms with Gasteiger partial charge in [0.15, 0.2) is 0 Å². The van der Waals surface area contributed by atoms with Gasteiger partial charge in [-0.3, -0.25) is 4.79 Å². The van der Waals surface area contributed by atoms with Crippen LogP contribution in [0.3, 0.4) is 0 Å². The van der Waals surface area contributed by atoms with Gasteiger partial charge in [0.25, 0.3) is 0 Å². The van der Waals surface area contributed by atoms with E-state index < -0.39 is 0 Å². The van der Waals surface area contributed by atoms with Crippen molar-refractivity contribution in [2.75, 3.05) is 31.2 Å². The Morgan fingerprint density at radius 1 is 1.40 bits per heavy atom. The topological polar surface area (TPSA) is 67.4 Å². The fourth-order valence-corrected chi connectivity index (χ4v) is 3.71. The molecule has 1 aliphatic heterocycles. The van der Waals surface area contributed by atoms with E-state index in [-0.39, 0.29) is 17.4 Å². The second-order valence-corrected chi connectivity index (χ2v) is 8.43. The molecule has 1 atom stereocenters. The number of nitrogens with one attached hydrogen (secondary N) is 1. The standard InChI is InChI=1S/C19H30N4O2/c1-13(2)9-17(24)21-15-10-19(3,4)11-16-14(15)12-20-18(22-16)23-5-7-25-8-6-23/h12-13,15H,5-11H2,1-4H3,(H,21,24). The molecule has 1 unspecified atom stereocenters. The minimum Gasteiger partial charge on any atom is -0.378 e. The average Bonchev–Trinajstić information content (AvgIpc) is 2.53. The zero-order valence-electron chi connectivity index (χ0n) is 15.8. The Hall–Kier alpha value is -1.69. The SMILES string of the molecule is CC(C)CC(=O)NC1CC(C)(C)Cc2nc(N3CCOCC3)ncc21. The summed E-state index contributed by atoms with van der Waals surface area (Å²) in [7, 11) is 0. The molecule has 1 saturated heterocycles. The Morgan fingerprint density at radius 2 is 2.12 bits per heavy atom. The molecule has 3 rings (SSSR count). The lowest BCUT2D eigenvalue weighted by atomic mass is 9.74. The molecule has 25 heavy (non-hydrogen) atoms. The molecule has 0 saturated carbocycles. The fraction of sp³-hybridized carbons (Fsp3) is 0.737. The first kappa shape index (κ1) is 18.1. The number of ether oxygens (including phenoxy) is 1. The molecular weight excluding hydrogens is 316 g/mol. The Bertz CT molecular complexity index is 624. The maximum absolute atomic E-state index is 12.3. The van der Waals surface area contributed by atoms with Crippen molar-refractivity contribution in [2.45, 2.75) is 53.0 Å². The summed E-state index contributed by atoms with van der Waals surface area (Å²) in [6.45, 7) is 11.7. The first-order chi connectivity index (χ1) is 11.8. The average molecular weight is 346 g/mol. The summed E-state index contributed by atoms with van der Waals surface area (Å²) in [5.74, 6) is 1.25. The third-order valence-electron chi connectivity index (χ3n) is 4.89. The van der Waals surface area contributed by atoms with Crippen LogP contribution in [-0.4, -0.2) is 42.2 Å². The second kappa shape index (κ2) is 7.28. The van der Waals surface area contributed by atoms with E-state index in [1.54, 1.807) is 0 Å². The van der Waals surface area contributed by atoms with Crippen molar-refractivity contribution in [1.82, 2.24) is 15.3 Å². The molecule has 1 amide bonds. The molecular formula is C19H30N4O2. The predicted molar refractivity (Wildman–Crippen MR) is 97.5 cm³/mol. The lowest BCUT2D eigenvalue weighted by molar-refractivity contribution is -0.122. The lowest BCUT2D eigenvalue weighted by Gasteiger charge is -2.37. The van der Waals surface area contributed by atoms with E-state index in [1.807, 2.05) is 6.20 Å². The lowest BCUT2D eigenvalue weighted by Crippen LogP contribution is -2.40. The molecule has 138 valence electrons. The van der Waals surface area contributed by atoms with Crippen molar-refractivity contribution in [3.63, 3.8) is 0 Å². The number of fused-ring (bicyclic) bond motifs is 1. The van der Waals surface area contributed by atoms with Crippen molar-refractivity contribution in [1.29, 1.82) is 0 Å².